The Morgan fingerprint density at radius 3 is 2.91 bits per heavy atom. The molecule has 0 bridgehead atoms. The SMILES string of the molecule is COc1ccc2c(c1)c1c(n2C)C(c2cccnc2)NC(C)C1. The number of nitrogens with one attached hydrogen (secondary N) is 1. The van der Waals surface area contributed by atoms with Gasteiger partial charge in [-0.1, -0.05) is 6.07 Å². The predicted octanol–water partition coefficient (Wildman–Crippen LogP) is 3.21. The maximum Gasteiger partial charge on any atom is 0.119 e. The van der Waals surface area contributed by atoms with Crippen molar-refractivity contribution in [1.29, 1.82) is 0 Å². The minimum atomic E-state index is 0.172. The maximum absolute atomic E-state index is 5.43. The number of ether oxygens (including phenoxy) is 1. The highest BCUT2D eigenvalue weighted by Crippen LogP contribution is 2.38. The lowest BCUT2D eigenvalue weighted by Gasteiger charge is -2.30. The van der Waals surface area contributed by atoms with E-state index in [1.54, 1.807) is 7.11 Å². The molecule has 1 aromatic carbocycles. The molecule has 2 atom stereocenters. The lowest BCUT2D eigenvalue weighted by atomic mass is 9.91. The molecule has 3 heterocycles. The predicted molar refractivity (Wildman–Crippen MR) is 91.9 cm³/mol. The minimum absolute atomic E-state index is 0.172. The van der Waals surface area contributed by atoms with Crippen LogP contribution in [-0.2, 0) is 13.5 Å². The van der Waals surface area contributed by atoms with Crippen LogP contribution >= 0.6 is 0 Å². The van der Waals surface area contributed by atoms with E-state index in [4.69, 9.17) is 4.74 Å². The fourth-order valence-electron chi connectivity index (χ4n) is 3.76. The van der Waals surface area contributed by atoms with Crippen LogP contribution < -0.4 is 10.1 Å². The fraction of sp³-hybridized carbons (Fsp3) is 0.316. The summed E-state index contributed by atoms with van der Waals surface area (Å²) in [6.45, 7) is 2.24. The Balaban J connectivity index is 1.97. The second-order valence-corrected chi connectivity index (χ2v) is 6.30. The summed E-state index contributed by atoms with van der Waals surface area (Å²) in [6, 6.07) is 11.1. The van der Waals surface area contributed by atoms with Crippen LogP contribution in [0.15, 0.2) is 42.7 Å². The average Bonchev–Trinajstić information content (AvgIpc) is 2.87. The molecular weight excluding hydrogens is 286 g/mol. The summed E-state index contributed by atoms with van der Waals surface area (Å²) in [5.41, 5.74) is 5.21. The Morgan fingerprint density at radius 1 is 1.30 bits per heavy atom. The molecule has 2 aromatic heterocycles. The molecule has 1 aliphatic heterocycles. The molecule has 23 heavy (non-hydrogen) atoms. The third-order valence-electron chi connectivity index (χ3n) is 4.81. The van der Waals surface area contributed by atoms with Gasteiger partial charge in [0, 0.05) is 42.1 Å². The molecule has 0 saturated heterocycles. The van der Waals surface area contributed by atoms with Gasteiger partial charge in [-0.3, -0.25) is 4.98 Å². The number of hydrogen-bond acceptors (Lipinski definition) is 3. The van der Waals surface area contributed by atoms with Crippen molar-refractivity contribution in [1.82, 2.24) is 14.9 Å². The monoisotopic (exact) mass is 307 g/mol. The van der Waals surface area contributed by atoms with Crippen molar-refractivity contribution in [2.45, 2.75) is 25.4 Å². The minimum Gasteiger partial charge on any atom is -0.497 e. The molecule has 4 nitrogen and oxygen atoms in total. The third kappa shape index (κ3) is 2.21. The first-order valence-electron chi connectivity index (χ1n) is 8.00. The van der Waals surface area contributed by atoms with Crippen LogP contribution in [0.4, 0.5) is 0 Å². The summed E-state index contributed by atoms with van der Waals surface area (Å²) < 4.78 is 7.73. The number of methoxy groups -OCH3 is 1. The van der Waals surface area contributed by atoms with Crippen molar-refractivity contribution in [2.75, 3.05) is 7.11 Å². The Bertz CT molecular complexity index is 854. The number of fused-ring (bicyclic) bond motifs is 3. The lowest BCUT2D eigenvalue weighted by Crippen LogP contribution is -2.38. The van der Waals surface area contributed by atoms with Crippen LogP contribution in [-0.4, -0.2) is 22.7 Å². The Morgan fingerprint density at radius 2 is 2.17 bits per heavy atom. The second-order valence-electron chi connectivity index (χ2n) is 6.30. The van der Waals surface area contributed by atoms with E-state index in [0.29, 0.717) is 6.04 Å². The summed E-state index contributed by atoms with van der Waals surface area (Å²) in [5, 5.41) is 5.02. The molecule has 1 N–H and O–H groups in total. The Kier molecular flexibility index (Phi) is 3.34. The van der Waals surface area contributed by atoms with Gasteiger partial charge in [-0.05, 0) is 48.7 Å². The van der Waals surface area contributed by atoms with E-state index in [-0.39, 0.29) is 6.04 Å². The zero-order chi connectivity index (χ0) is 16.0. The van der Waals surface area contributed by atoms with Crippen LogP contribution in [0.3, 0.4) is 0 Å². The number of rotatable bonds is 2. The smallest absolute Gasteiger partial charge is 0.119 e. The van der Waals surface area contributed by atoms with Crippen LogP contribution in [0.5, 0.6) is 5.75 Å². The van der Waals surface area contributed by atoms with Gasteiger partial charge in [0.25, 0.3) is 0 Å². The highest BCUT2D eigenvalue weighted by molar-refractivity contribution is 5.87. The largest absolute Gasteiger partial charge is 0.497 e. The zero-order valence-corrected chi connectivity index (χ0v) is 13.7. The molecule has 1 aliphatic rings. The summed E-state index contributed by atoms with van der Waals surface area (Å²) in [7, 11) is 3.87. The van der Waals surface area contributed by atoms with Crippen LogP contribution in [0.1, 0.15) is 29.8 Å². The number of pyridine rings is 1. The van der Waals surface area contributed by atoms with Crippen LogP contribution in [0.25, 0.3) is 10.9 Å². The van der Waals surface area contributed by atoms with Gasteiger partial charge in [0.15, 0.2) is 0 Å². The van der Waals surface area contributed by atoms with Gasteiger partial charge < -0.3 is 14.6 Å². The molecule has 2 unspecified atom stereocenters. The first-order valence-corrected chi connectivity index (χ1v) is 8.00. The van der Waals surface area contributed by atoms with Crippen molar-refractivity contribution in [3.8, 4) is 5.75 Å². The van der Waals surface area contributed by atoms with Gasteiger partial charge in [0.05, 0.1) is 13.2 Å². The molecule has 0 saturated carbocycles. The highest BCUT2D eigenvalue weighted by atomic mass is 16.5. The lowest BCUT2D eigenvalue weighted by molar-refractivity contribution is 0.415. The molecule has 4 heteroatoms. The van der Waals surface area contributed by atoms with Gasteiger partial charge in [0.1, 0.15) is 5.75 Å². The second kappa shape index (κ2) is 5.39. The third-order valence-corrected chi connectivity index (χ3v) is 4.81. The Hall–Kier alpha value is -2.33. The standard InChI is InChI=1S/C19H21N3O/c1-12-9-16-15-10-14(23-3)6-7-17(15)22(2)19(16)18(21-12)13-5-4-8-20-11-13/h4-8,10-12,18,21H,9H2,1-3H3. The first kappa shape index (κ1) is 14.3. The van der Waals surface area contributed by atoms with Crippen molar-refractivity contribution >= 4 is 10.9 Å². The van der Waals surface area contributed by atoms with Gasteiger partial charge in [-0.25, -0.2) is 0 Å². The van der Waals surface area contributed by atoms with Gasteiger partial charge >= 0.3 is 0 Å². The van der Waals surface area contributed by atoms with E-state index in [2.05, 4.69) is 47.0 Å². The quantitative estimate of drug-likeness (QED) is 0.790. The summed E-state index contributed by atoms with van der Waals surface area (Å²) >= 11 is 0. The van der Waals surface area contributed by atoms with E-state index < -0.39 is 0 Å². The molecule has 0 amide bonds. The highest BCUT2D eigenvalue weighted by Gasteiger charge is 2.30. The van der Waals surface area contributed by atoms with E-state index in [9.17, 15) is 0 Å². The van der Waals surface area contributed by atoms with Gasteiger partial charge in [-0.15, -0.1) is 0 Å². The van der Waals surface area contributed by atoms with Crippen LogP contribution in [0.2, 0.25) is 0 Å². The number of nitrogens with zero attached hydrogens (tertiary/aromatic N) is 2. The van der Waals surface area contributed by atoms with Gasteiger partial charge in [-0.2, -0.15) is 0 Å². The summed E-state index contributed by atoms with van der Waals surface area (Å²) in [5.74, 6) is 0.912. The summed E-state index contributed by atoms with van der Waals surface area (Å²) in [6.07, 6.45) is 4.80. The van der Waals surface area contributed by atoms with E-state index in [1.165, 1.54) is 27.7 Å². The number of benzene rings is 1. The normalized spacial score (nSPS) is 20.5. The average molecular weight is 307 g/mol. The number of hydrogen-bond donors (Lipinski definition) is 1. The molecular formula is C19H21N3O. The Labute approximate surface area is 136 Å². The van der Waals surface area contributed by atoms with E-state index in [0.717, 1.165) is 12.2 Å². The van der Waals surface area contributed by atoms with E-state index in [1.807, 2.05) is 24.5 Å². The van der Waals surface area contributed by atoms with E-state index >= 15 is 0 Å². The molecule has 118 valence electrons. The molecule has 0 aliphatic carbocycles. The van der Waals surface area contributed by atoms with Gasteiger partial charge in [0.2, 0.25) is 0 Å². The van der Waals surface area contributed by atoms with Crippen molar-refractivity contribution in [3.05, 3.63) is 59.5 Å². The number of aromatic nitrogens is 2. The van der Waals surface area contributed by atoms with Crippen LogP contribution in [0, 0.1) is 0 Å². The first-order chi connectivity index (χ1) is 11.2. The summed E-state index contributed by atoms with van der Waals surface area (Å²) in [4.78, 5) is 4.30. The number of aryl methyl sites for hydroxylation is 1. The molecule has 0 radical (unpaired) electrons. The van der Waals surface area contributed by atoms with Crippen molar-refractivity contribution < 1.29 is 4.74 Å². The molecule has 0 fully saturated rings. The fourth-order valence-corrected chi connectivity index (χ4v) is 3.76. The van der Waals surface area contributed by atoms with Crippen molar-refractivity contribution in [2.24, 2.45) is 7.05 Å². The topological polar surface area (TPSA) is 39.1 Å². The maximum atomic E-state index is 5.43. The molecule has 3 aromatic rings. The zero-order valence-electron chi connectivity index (χ0n) is 13.7. The molecule has 0 spiro atoms. The van der Waals surface area contributed by atoms with Crippen molar-refractivity contribution in [3.63, 3.8) is 0 Å². The molecule has 4 rings (SSSR count).